The van der Waals surface area contributed by atoms with Crippen LogP contribution in [-0.2, 0) is 10.8 Å². The highest BCUT2D eigenvalue weighted by Crippen LogP contribution is 2.53. The van der Waals surface area contributed by atoms with Gasteiger partial charge in [0.15, 0.2) is 0 Å². The highest BCUT2D eigenvalue weighted by molar-refractivity contribution is 5.56. The second-order valence-corrected chi connectivity index (χ2v) is 7.92. The summed E-state index contributed by atoms with van der Waals surface area (Å²) in [5, 5.41) is 0. The van der Waals surface area contributed by atoms with Gasteiger partial charge in [0.2, 0.25) is 0 Å². The van der Waals surface area contributed by atoms with Crippen molar-refractivity contribution in [1.29, 1.82) is 0 Å². The average molecular weight is 373 g/mol. The molecule has 0 heterocycles. The molecule has 0 aromatic heterocycles. The zero-order valence-electron chi connectivity index (χ0n) is 16.4. The summed E-state index contributed by atoms with van der Waals surface area (Å²) in [6.45, 7) is 0. The third kappa shape index (κ3) is 2.93. The lowest BCUT2D eigenvalue weighted by molar-refractivity contribution is 0.504. The molecule has 0 fully saturated rings. The average Bonchev–Trinajstić information content (AvgIpc) is 3.25. The second kappa shape index (κ2) is 7.22. The van der Waals surface area contributed by atoms with Gasteiger partial charge in [0, 0.05) is 10.8 Å². The lowest BCUT2D eigenvalue weighted by Gasteiger charge is -2.36. The lowest BCUT2D eigenvalue weighted by Crippen LogP contribution is -2.32. The van der Waals surface area contributed by atoms with Crippen molar-refractivity contribution in [1.82, 2.24) is 0 Å². The van der Waals surface area contributed by atoms with Gasteiger partial charge >= 0.3 is 0 Å². The van der Waals surface area contributed by atoms with E-state index in [0.29, 0.717) is 0 Å². The van der Waals surface area contributed by atoms with Gasteiger partial charge in [-0.05, 0) is 28.7 Å². The van der Waals surface area contributed by atoms with Gasteiger partial charge in [-0.1, -0.05) is 133 Å². The third-order valence-electron chi connectivity index (χ3n) is 6.37. The van der Waals surface area contributed by atoms with Crippen LogP contribution in [0, 0.1) is 0 Å². The second-order valence-electron chi connectivity index (χ2n) is 7.92. The summed E-state index contributed by atoms with van der Waals surface area (Å²) in [7, 11) is 0. The van der Waals surface area contributed by atoms with Crippen LogP contribution in [0.25, 0.3) is 0 Å². The molecule has 0 atom stereocenters. The van der Waals surface area contributed by atoms with Crippen LogP contribution in [0.5, 0.6) is 0 Å². The van der Waals surface area contributed by atoms with Crippen LogP contribution in [0.15, 0.2) is 133 Å². The van der Waals surface area contributed by atoms with Crippen LogP contribution in [-0.4, -0.2) is 0 Å². The highest BCUT2D eigenvalue weighted by atomic mass is 14.5. The molecule has 0 nitrogen and oxygen atoms in total. The van der Waals surface area contributed by atoms with E-state index in [1.54, 1.807) is 0 Å². The molecule has 0 heteroatoms. The minimum Gasteiger partial charge on any atom is -0.0723 e. The molecule has 29 heavy (non-hydrogen) atoms. The van der Waals surface area contributed by atoms with Gasteiger partial charge in [-0.2, -0.15) is 0 Å². The maximum atomic E-state index is 2.44. The molecule has 0 unspecified atom stereocenters. The van der Waals surface area contributed by atoms with E-state index in [2.05, 4.69) is 133 Å². The summed E-state index contributed by atoms with van der Waals surface area (Å²) < 4.78 is 0. The molecule has 1 aliphatic carbocycles. The highest BCUT2D eigenvalue weighted by Gasteiger charge is 2.47. The van der Waals surface area contributed by atoms with Gasteiger partial charge < -0.3 is 0 Å². The Bertz CT molecular complexity index is 924. The van der Waals surface area contributed by atoms with Crippen LogP contribution in [0.2, 0.25) is 0 Å². The van der Waals surface area contributed by atoms with Crippen LogP contribution in [0.1, 0.15) is 28.7 Å². The smallest absolute Gasteiger partial charge is 0.0397 e. The molecule has 0 amide bonds. The molecule has 1 aliphatic rings. The third-order valence-corrected chi connectivity index (χ3v) is 6.37. The molecule has 0 spiro atoms. The Labute approximate surface area is 173 Å². The van der Waals surface area contributed by atoms with Gasteiger partial charge in [-0.3, -0.25) is 0 Å². The van der Waals surface area contributed by atoms with Crippen molar-refractivity contribution in [2.75, 3.05) is 0 Å². The molecule has 0 aliphatic heterocycles. The largest absolute Gasteiger partial charge is 0.0723 e. The molecule has 4 aromatic rings. The quantitative estimate of drug-likeness (QED) is 0.341. The van der Waals surface area contributed by atoms with Crippen molar-refractivity contribution >= 4 is 0 Å². The van der Waals surface area contributed by atoms with E-state index in [4.69, 9.17) is 0 Å². The van der Waals surface area contributed by atoms with Crippen molar-refractivity contribution in [2.24, 2.45) is 0 Å². The van der Waals surface area contributed by atoms with E-state index in [1.165, 1.54) is 22.3 Å². The van der Waals surface area contributed by atoms with E-state index in [9.17, 15) is 0 Å². The minimum absolute atomic E-state index is 0.159. The lowest BCUT2D eigenvalue weighted by atomic mass is 9.65. The van der Waals surface area contributed by atoms with E-state index in [0.717, 1.165) is 6.42 Å². The fourth-order valence-electron chi connectivity index (χ4n) is 4.91. The number of benzene rings is 4. The van der Waals surface area contributed by atoms with Crippen molar-refractivity contribution < 1.29 is 0 Å². The summed E-state index contributed by atoms with van der Waals surface area (Å²) >= 11 is 0. The maximum absolute atomic E-state index is 2.44. The molecule has 0 bridgehead atoms. The molecule has 140 valence electrons. The van der Waals surface area contributed by atoms with E-state index >= 15 is 0 Å². The first kappa shape index (κ1) is 17.7. The Hall–Kier alpha value is -3.38. The normalized spacial score (nSPS) is 16.6. The van der Waals surface area contributed by atoms with E-state index in [-0.39, 0.29) is 10.8 Å². The van der Waals surface area contributed by atoms with E-state index in [1.807, 2.05) is 0 Å². The van der Waals surface area contributed by atoms with Crippen LogP contribution < -0.4 is 0 Å². The van der Waals surface area contributed by atoms with E-state index < -0.39 is 0 Å². The first-order valence-corrected chi connectivity index (χ1v) is 10.3. The minimum atomic E-state index is -0.159. The fraction of sp³-hybridized carbons (Fsp3) is 0.103. The standard InChI is InChI=1S/C29H24/c1-5-13-24(14-6-1)28(25-15-7-2-8-16-25)21-22-29(23-28,26-17-9-3-10-18-26)27-19-11-4-12-20-27/h1-22H,23H2. The summed E-state index contributed by atoms with van der Waals surface area (Å²) in [5.41, 5.74) is 5.06. The van der Waals surface area contributed by atoms with Crippen molar-refractivity contribution in [3.63, 3.8) is 0 Å². The van der Waals surface area contributed by atoms with Crippen LogP contribution in [0.3, 0.4) is 0 Å². The summed E-state index contributed by atoms with van der Waals surface area (Å²) in [6.07, 6.45) is 5.86. The Kier molecular flexibility index (Phi) is 4.41. The Morgan fingerprint density at radius 1 is 0.345 bits per heavy atom. The molecule has 0 saturated carbocycles. The Morgan fingerprint density at radius 3 is 0.828 bits per heavy atom. The maximum Gasteiger partial charge on any atom is 0.0397 e. The predicted molar refractivity (Wildman–Crippen MR) is 121 cm³/mol. The summed E-state index contributed by atoms with van der Waals surface area (Å²) in [4.78, 5) is 0. The number of hydrogen-bond acceptors (Lipinski definition) is 0. The Balaban J connectivity index is 1.74. The molecular weight excluding hydrogens is 348 g/mol. The fourth-order valence-corrected chi connectivity index (χ4v) is 4.91. The number of rotatable bonds is 4. The topological polar surface area (TPSA) is 0 Å². The zero-order valence-corrected chi connectivity index (χ0v) is 16.4. The number of hydrogen-bond donors (Lipinski definition) is 0. The molecule has 4 aromatic carbocycles. The van der Waals surface area contributed by atoms with Gasteiger partial charge in [-0.25, -0.2) is 0 Å². The summed E-state index contributed by atoms with van der Waals surface area (Å²) in [6, 6.07) is 43.8. The SMILES string of the molecule is C1=CC(c2ccccc2)(c2ccccc2)CC1(c1ccccc1)c1ccccc1. The first-order valence-electron chi connectivity index (χ1n) is 10.3. The van der Waals surface area contributed by atoms with Gasteiger partial charge in [0.1, 0.15) is 0 Å². The van der Waals surface area contributed by atoms with Crippen molar-refractivity contribution in [2.45, 2.75) is 17.3 Å². The molecule has 0 N–H and O–H groups in total. The first-order chi connectivity index (χ1) is 14.3. The molecular formula is C29H24. The number of allylic oxidation sites excluding steroid dienone is 2. The van der Waals surface area contributed by atoms with Crippen LogP contribution >= 0.6 is 0 Å². The van der Waals surface area contributed by atoms with Crippen LogP contribution in [0.4, 0.5) is 0 Å². The molecule has 5 rings (SSSR count). The van der Waals surface area contributed by atoms with Gasteiger partial charge in [0.25, 0.3) is 0 Å². The summed E-state index contributed by atoms with van der Waals surface area (Å²) in [5.74, 6) is 0. The molecule has 0 saturated heterocycles. The monoisotopic (exact) mass is 372 g/mol. The van der Waals surface area contributed by atoms with Crippen molar-refractivity contribution in [3.05, 3.63) is 156 Å². The van der Waals surface area contributed by atoms with Gasteiger partial charge in [-0.15, -0.1) is 0 Å². The van der Waals surface area contributed by atoms with Crippen molar-refractivity contribution in [3.8, 4) is 0 Å². The Morgan fingerprint density at radius 2 is 0.586 bits per heavy atom. The molecule has 0 radical (unpaired) electrons. The van der Waals surface area contributed by atoms with Gasteiger partial charge in [0.05, 0.1) is 0 Å². The zero-order chi connectivity index (χ0) is 19.6. The predicted octanol–water partition coefficient (Wildman–Crippen LogP) is 6.92.